The molecule has 0 bridgehead atoms. The van der Waals surface area contributed by atoms with Crippen LogP contribution in [-0.4, -0.2) is 31.1 Å². The van der Waals surface area contributed by atoms with Gasteiger partial charge in [0.05, 0.1) is 0 Å². The number of nitrogens with one attached hydrogen (secondary N) is 1. The third kappa shape index (κ3) is 4.76. The molecule has 1 aromatic carbocycles. The average molecular weight is 295 g/mol. The number of hydrogen-bond acceptors (Lipinski definition) is 2. The standard InChI is InChI=1S/C17H27ClN2/c1-3-10-19-17-9-5-7-15(17)13-20(2)12-14-6-4-8-16(18)11-14/h4,6,8,11,15,17,19H,3,5,7,9-10,12-13H2,1-2H3. The Balaban J connectivity index is 1.82. The molecule has 1 N–H and O–H groups in total. The van der Waals surface area contributed by atoms with Gasteiger partial charge in [0, 0.05) is 24.2 Å². The minimum Gasteiger partial charge on any atom is -0.314 e. The minimum atomic E-state index is 0.719. The first-order valence-electron chi connectivity index (χ1n) is 7.85. The van der Waals surface area contributed by atoms with E-state index in [4.69, 9.17) is 11.6 Å². The molecule has 1 aromatic rings. The van der Waals surface area contributed by atoms with Crippen molar-refractivity contribution < 1.29 is 0 Å². The molecule has 112 valence electrons. The molecule has 0 amide bonds. The van der Waals surface area contributed by atoms with Crippen molar-refractivity contribution in [2.45, 2.75) is 45.2 Å². The second kappa shape index (κ2) is 8.02. The molecular formula is C17H27ClN2. The summed E-state index contributed by atoms with van der Waals surface area (Å²) < 4.78 is 0. The van der Waals surface area contributed by atoms with E-state index in [9.17, 15) is 0 Å². The van der Waals surface area contributed by atoms with Gasteiger partial charge in [0.1, 0.15) is 0 Å². The Morgan fingerprint density at radius 2 is 2.20 bits per heavy atom. The molecule has 1 aliphatic rings. The van der Waals surface area contributed by atoms with Crippen LogP contribution in [-0.2, 0) is 6.54 Å². The van der Waals surface area contributed by atoms with Gasteiger partial charge in [-0.2, -0.15) is 0 Å². The van der Waals surface area contributed by atoms with Gasteiger partial charge < -0.3 is 10.2 Å². The normalized spacial score (nSPS) is 22.6. The maximum absolute atomic E-state index is 6.05. The molecule has 0 radical (unpaired) electrons. The van der Waals surface area contributed by atoms with Gasteiger partial charge in [-0.3, -0.25) is 0 Å². The lowest BCUT2D eigenvalue weighted by Gasteiger charge is -2.26. The van der Waals surface area contributed by atoms with Crippen molar-refractivity contribution in [2.75, 3.05) is 20.1 Å². The first-order valence-corrected chi connectivity index (χ1v) is 8.23. The largest absolute Gasteiger partial charge is 0.314 e. The molecule has 1 fully saturated rings. The van der Waals surface area contributed by atoms with Crippen LogP contribution in [0.4, 0.5) is 0 Å². The zero-order valence-corrected chi connectivity index (χ0v) is 13.5. The SMILES string of the molecule is CCCNC1CCCC1CN(C)Cc1cccc(Cl)c1. The maximum Gasteiger partial charge on any atom is 0.0409 e. The van der Waals surface area contributed by atoms with Crippen molar-refractivity contribution in [3.05, 3.63) is 34.9 Å². The lowest BCUT2D eigenvalue weighted by atomic mass is 10.0. The van der Waals surface area contributed by atoms with E-state index >= 15 is 0 Å². The van der Waals surface area contributed by atoms with Crippen LogP contribution in [0.15, 0.2) is 24.3 Å². The Kier molecular flexibility index (Phi) is 6.34. The molecule has 20 heavy (non-hydrogen) atoms. The van der Waals surface area contributed by atoms with Crippen molar-refractivity contribution in [1.82, 2.24) is 10.2 Å². The van der Waals surface area contributed by atoms with Gasteiger partial charge in [-0.05, 0) is 56.5 Å². The molecule has 0 spiro atoms. The lowest BCUT2D eigenvalue weighted by Crippen LogP contribution is -2.38. The van der Waals surface area contributed by atoms with Crippen LogP contribution in [0.2, 0.25) is 5.02 Å². The van der Waals surface area contributed by atoms with E-state index in [0.717, 1.165) is 30.1 Å². The second-order valence-corrected chi connectivity index (χ2v) is 6.51. The summed E-state index contributed by atoms with van der Waals surface area (Å²) in [5, 5.41) is 4.54. The summed E-state index contributed by atoms with van der Waals surface area (Å²) in [6.07, 6.45) is 5.30. The molecule has 2 rings (SSSR count). The van der Waals surface area contributed by atoms with E-state index in [1.54, 1.807) is 0 Å². The van der Waals surface area contributed by atoms with Crippen LogP contribution in [0.1, 0.15) is 38.2 Å². The van der Waals surface area contributed by atoms with Crippen LogP contribution >= 0.6 is 11.6 Å². The quantitative estimate of drug-likeness (QED) is 0.819. The Morgan fingerprint density at radius 1 is 1.35 bits per heavy atom. The molecule has 1 saturated carbocycles. The van der Waals surface area contributed by atoms with Crippen molar-refractivity contribution >= 4 is 11.6 Å². The smallest absolute Gasteiger partial charge is 0.0409 e. The summed E-state index contributed by atoms with van der Waals surface area (Å²) in [6.45, 7) is 5.55. The first-order chi connectivity index (χ1) is 9.69. The predicted octanol–water partition coefficient (Wildman–Crippen LogP) is 3.94. The highest BCUT2D eigenvalue weighted by atomic mass is 35.5. The Labute approximate surface area is 128 Å². The van der Waals surface area contributed by atoms with Crippen LogP contribution in [0, 0.1) is 5.92 Å². The number of nitrogens with zero attached hydrogens (tertiary/aromatic N) is 1. The summed E-state index contributed by atoms with van der Waals surface area (Å²) >= 11 is 6.05. The van der Waals surface area contributed by atoms with Gasteiger partial charge in [0.2, 0.25) is 0 Å². The van der Waals surface area contributed by atoms with Gasteiger partial charge in [-0.25, -0.2) is 0 Å². The van der Waals surface area contributed by atoms with Crippen LogP contribution in [0.3, 0.4) is 0 Å². The minimum absolute atomic E-state index is 0.719. The maximum atomic E-state index is 6.05. The van der Waals surface area contributed by atoms with E-state index in [-0.39, 0.29) is 0 Å². The fourth-order valence-corrected chi connectivity index (χ4v) is 3.48. The first kappa shape index (κ1) is 15.8. The molecule has 0 saturated heterocycles. The van der Waals surface area contributed by atoms with Crippen LogP contribution in [0.5, 0.6) is 0 Å². The van der Waals surface area contributed by atoms with Crippen LogP contribution in [0.25, 0.3) is 0 Å². The summed E-state index contributed by atoms with van der Waals surface area (Å²) in [6, 6.07) is 8.92. The number of rotatable bonds is 7. The molecule has 0 aromatic heterocycles. The zero-order valence-electron chi connectivity index (χ0n) is 12.7. The monoisotopic (exact) mass is 294 g/mol. The molecule has 0 aliphatic heterocycles. The van der Waals surface area contributed by atoms with E-state index in [2.05, 4.69) is 36.3 Å². The highest BCUT2D eigenvalue weighted by Crippen LogP contribution is 2.26. The fourth-order valence-electron chi connectivity index (χ4n) is 3.27. The van der Waals surface area contributed by atoms with Gasteiger partial charge in [-0.1, -0.05) is 37.1 Å². The highest BCUT2D eigenvalue weighted by molar-refractivity contribution is 6.30. The van der Waals surface area contributed by atoms with Crippen molar-refractivity contribution in [2.24, 2.45) is 5.92 Å². The van der Waals surface area contributed by atoms with Crippen molar-refractivity contribution in [1.29, 1.82) is 0 Å². The predicted molar refractivity (Wildman–Crippen MR) is 87.2 cm³/mol. The topological polar surface area (TPSA) is 15.3 Å². The molecule has 3 heteroatoms. The number of halogens is 1. The number of benzene rings is 1. The second-order valence-electron chi connectivity index (χ2n) is 6.08. The van der Waals surface area contributed by atoms with Gasteiger partial charge in [0.25, 0.3) is 0 Å². The van der Waals surface area contributed by atoms with Gasteiger partial charge in [0.15, 0.2) is 0 Å². The highest BCUT2D eigenvalue weighted by Gasteiger charge is 2.27. The van der Waals surface area contributed by atoms with E-state index < -0.39 is 0 Å². The summed E-state index contributed by atoms with van der Waals surface area (Å²) in [5.41, 5.74) is 1.30. The molecule has 1 aliphatic carbocycles. The third-order valence-corrected chi connectivity index (χ3v) is 4.44. The zero-order chi connectivity index (χ0) is 14.4. The van der Waals surface area contributed by atoms with Crippen molar-refractivity contribution in [3.8, 4) is 0 Å². The number of hydrogen-bond donors (Lipinski definition) is 1. The summed E-state index contributed by atoms with van der Waals surface area (Å²) in [4.78, 5) is 2.43. The van der Waals surface area contributed by atoms with E-state index in [1.165, 1.54) is 37.8 Å². The molecule has 0 heterocycles. The molecule has 2 unspecified atom stereocenters. The lowest BCUT2D eigenvalue weighted by molar-refractivity contribution is 0.245. The summed E-state index contributed by atoms with van der Waals surface area (Å²) in [5.74, 6) is 0.797. The third-order valence-electron chi connectivity index (χ3n) is 4.20. The summed E-state index contributed by atoms with van der Waals surface area (Å²) in [7, 11) is 2.22. The Morgan fingerprint density at radius 3 is 2.95 bits per heavy atom. The van der Waals surface area contributed by atoms with Crippen molar-refractivity contribution in [3.63, 3.8) is 0 Å². The molecular weight excluding hydrogens is 268 g/mol. The fraction of sp³-hybridized carbons (Fsp3) is 0.647. The Bertz CT molecular complexity index is 408. The molecule has 2 nitrogen and oxygen atoms in total. The average Bonchev–Trinajstić information content (AvgIpc) is 2.83. The Hall–Kier alpha value is -0.570. The van der Waals surface area contributed by atoms with Gasteiger partial charge in [-0.15, -0.1) is 0 Å². The van der Waals surface area contributed by atoms with Crippen LogP contribution < -0.4 is 5.32 Å². The van der Waals surface area contributed by atoms with Gasteiger partial charge >= 0.3 is 0 Å². The molecule has 2 atom stereocenters. The van der Waals surface area contributed by atoms with E-state index in [0.29, 0.717) is 0 Å². The van der Waals surface area contributed by atoms with E-state index in [1.807, 2.05) is 12.1 Å².